The lowest BCUT2D eigenvalue weighted by atomic mass is 9.91. The van der Waals surface area contributed by atoms with Gasteiger partial charge in [-0.15, -0.1) is 0 Å². The van der Waals surface area contributed by atoms with Gasteiger partial charge in [-0.25, -0.2) is 9.18 Å². The topological polar surface area (TPSA) is 67.5 Å². The van der Waals surface area contributed by atoms with E-state index in [4.69, 9.17) is 5.73 Å². The van der Waals surface area contributed by atoms with E-state index in [0.717, 1.165) is 5.56 Å². The average molecular weight is 219 g/mol. The number of nitrogens with one attached hydrogen (secondary N) is 1. The van der Waals surface area contributed by atoms with E-state index >= 15 is 0 Å². The summed E-state index contributed by atoms with van der Waals surface area (Å²) in [5, 5.41) is 2.73. The highest BCUT2D eigenvalue weighted by atomic mass is 19.1. The molecule has 1 spiro atoms. The molecule has 3 N–H and O–H groups in total. The van der Waals surface area contributed by atoms with Crippen molar-refractivity contribution in [2.75, 3.05) is 0 Å². The largest absolute Gasteiger partial charge is 0.385 e. The number of aliphatic imine (C=N–C) groups is 1. The number of halogens is 1. The van der Waals surface area contributed by atoms with Crippen molar-refractivity contribution in [2.24, 2.45) is 10.7 Å². The van der Waals surface area contributed by atoms with Crippen LogP contribution in [0.1, 0.15) is 17.5 Å². The minimum absolute atomic E-state index is 0.238. The second kappa shape index (κ2) is 2.81. The molecule has 1 unspecified atom stereocenters. The Morgan fingerprint density at radius 2 is 2.31 bits per heavy atom. The van der Waals surface area contributed by atoms with Crippen LogP contribution in [0.15, 0.2) is 23.2 Å². The molecule has 0 saturated heterocycles. The molecule has 5 heteroatoms. The molecule has 2 amide bonds. The van der Waals surface area contributed by atoms with Gasteiger partial charge < -0.3 is 11.1 Å². The number of hydrogen-bond acceptors (Lipinski definition) is 2. The Hall–Kier alpha value is -1.91. The average Bonchev–Trinajstić information content (AvgIpc) is 2.72. The van der Waals surface area contributed by atoms with E-state index in [1.54, 1.807) is 12.1 Å². The van der Waals surface area contributed by atoms with Crippen molar-refractivity contribution in [2.45, 2.75) is 18.4 Å². The van der Waals surface area contributed by atoms with E-state index in [1.807, 2.05) is 0 Å². The Balaban J connectivity index is 2.20. The van der Waals surface area contributed by atoms with Gasteiger partial charge in [0.25, 0.3) is 0 Å². The third-order valence-corrected chi connectivity index (χ3v) is 3.31. The summed E-state index contributed by atoms with van der Waals surface area (Å²) < 4.78 is 13.6. The summed E-state index contributed by atoms with van der Waals surface area (Å²) in [6.45, 7) is 0. The van der Waals surface area contributed by atoms with Gasteiger partial charge in [-0.2, -0.15) is 4.99 Å². The van der Waals surface area contributed by atoms with Gasteiger partial charge in [0, 0.05) is 0 Å². The van der Waals surface area contributed by atoms with Crippen molar-refractivity contribution in [3.05, 3.63) is 35.1 Å². The quantitative estimate of drug-likeness (QED) is 0.684. The zero-order valence-corrected chi connectivity index (χ0v) is 8.46. The molecule has 4 nitrogen and oxygen atoms in total. The SMILES string of the molecule is NC1=NC(=O)NC12CCc1c(F)cccc12. The van der Waals surface area contributed by atoms with Crippen LogP contribution in [0.4, 0.5) is 9.18 Å². The summed E-state index contributed by atoms with van der Waals surface area (Å²) in [6, 6.07) is 4.38. The molecule has 1 aromatic rings. The standard InChI is InChI=1S/C11H10FN3O/c12-8-3-1-2-7-6(8)4-5-11(7)9(13)14-10(16)15-11/h1-3H,4-5H2,(H3,13,14,15,16). The van der Waals surface area contributed by atoms with Gasteiger partial charge in [0.15, 0.2) is 0 Å². The molecule has 3 rings (SSSR count). The van der Waals surface area contributed by atoms with Gasteiger partial charge in [-0.3, -0.25) is 0 Å². The van der Waals surface area contributed by atoms with Crippen molar-refractivity contribution in [1.29, 1.82) is 0 Å². The Labute approximate surface area is 91.4 Å². The van der Waals surface area contributed by atoms with Crippen LogP contribution in [0.5, 0.6) is 0 Å². The number of rotatable bonds is 0. The second-order valence-corrected chi connectivity index (χ2v) is 4.10. The predicted molar refractivity (Wildman–Crippen MR) is 56.6 cm³/mol. The van der Waals surface area contributed by atoms with E-state index in [1.165, 1.54) is 6.07 Å². The molecule has 1 aliphatic heterocycles. The monoisotopic (exact) mass is 219 g/mol. The molecule has 0 aromatic heterocycles. The lowest BCUT2D eigenvalue weighted by molar-refractivity contribution is 0.246. The number of urea groups is 1. The first-order valence-electron chi connectivity index (χ1n) is 5.08. The molecular weight excluding hydrogens is 209 g/mol. The van der Waals surface area contributed by atoms with Gasteiger partial charge in [0.05, 0.1) is 0 Å². The molecule has 2 aliphatic rings. The van der Waals surface area contributed by atoms with E-state index in [-0.39, 0.29) is 11.7 Å². The number of hydrogen-bond donors (Lipinski definition) is 2. The molecule has 0 radical (unpaired) electrons. The molecular formula is C11H10FN3O. The molecule has 0 bridgehead atoms. The fourth-order valence-corrected chi connectivity index (χ4v) is 2.53. The smallest absolute Gasteiger partial charge is 0.343 e. The maximum absolute atomic E-state index is 13.6. The van der Waals surface area contributed by atoms with Gasteiger partial charge in [-0.1, -0.05) is 12.1 Å². The van der Waals surface area contributed by atoms with Gasteiger partial charge in [0.2, 0.25) is 0 Å². The number of nitrogens with two attached hydrogens (primary N) is 1. The third kappa shape index (κ3) is 0.973. The highest BCUT2D eigenvalue weighted by Crippen LogP contribution is 2.40. The van der Waals surface area contributed by atoms with Crippen molar-refractivity contribution in [3.8, 4) is 0 Å². The van der Waals surface area contributed by atoms with Crippen molar-refractivity contribution < 1.29 is 9.18 Å². The molecule has 1 heterocycles. The van der Waals surface area contributed by atoms with Crippen LogP contribution in [0, 0.1) is 5.82 Å². The first-order valence-corrected chi connectivity index (χ1v) is 5.08. The third-order valence-electron chi connectivity index (χ3n) is 3.31. The lowest BCUT2D eigenvalue weighted by Gasteiger charge is -2.24. The first-order chi connectivity index (χ1) is 7.63. The minimum atomic E-state index is -0.769. The fourth-order valence-electron chi connectivity index (χ4n) is 2.53. The van der Waals surface area contributed by atoms with Crippen LogP contribution in [-0.2, 0) is 12.0 Å². The number of benzene rings is 1. The Bertz CT molecular complexity index is 526. The predicted octanol–water partition coefficient (Wildman–Crippen LogP) is 1.05. The van der Waals surface area contributed by atoms with Crippen LogP contribution < -0.4 is 11.1 Å². The summed E-state index contributed by atoms with van der Waals surface area (Å²) in [7, 11) is 0. The zero-order chi connectivity index (χ0) is 11.3. The molecule has 0 fully saturated rings. The second-order valence-electron chi connectivity index (χ2n) is 4.10. The maximum atomic E-state index is 13.6. The van der Waals surface area contributed by atoms with E-state index in [2.05, 4.69) is 10.3 Å². The lowest BCUT2D eigenvalue weighted by Crippen LogP contribution is -2.47. The summed E-state index contributed by atoms with van der Waals surface area (Å²) in [5.41, 5.74) is 6.37. The van der Waals surface area contributed by atoms with Crippen LogP contribution in [-0.4, -0.2) is 11.9 Å². The molecule has 1 aromatic carbocycles. The number of nitrogens with zero attached hydrogens (tertiary/aromatic N) is 1. The van der Waals surface area contributed by atoms with E-state index in [9.17, 15) is 9.18 Å². The summed E-state index contributed by atoms with van der Waals surface area (Å²) in [5.74, 6) is -0.00910. The van der Waals surface area contributed by atoms with E-state index in [0.29, 0.717) is 18.4 Å². The highest BCUT2D eigenvalue weighted by molar-refractivity contribution is 6.06. The van der Waals surface area contributed by atoms with Gasteiger partial charge in [0.1, 0.15) is 17.2 Å². The number of fused-ring (bicyclic) bond motifs is 2. The van der Waals surface area contributed by atoms with Crippen molar-refractivity contribution >= 4 is 11.9 Å². The van der Waals surface area contributed by atoms with Crippen LogP contribution >= 0.6 is 0 Å². The van der Waals surface area contributed by atoms with Gasteiger partial charge >= 0.3 is 6.03 Å². The molecule has 1 atom stereocenters. The maximum Gasteiger partial charge on any atom is 0.343 e. The molecule has 16 heavy (non-hydrogen) atoms. The van der Waals surface area contributed by atoms with Crippen molar-refractivity contribution in [1.82, 2.24) is 5.32 Å². The normalized spacial score (nSPS) is 26.8. The highest BCUT2D eigenvalue weighted by Gasteiger charge is 2.47. The number of amides is 2. The summed E-state index contributed by atoms with van der Waals surface area (Å²) in [4.78, 5) is 14.9. The number of carbonyl (C=O) groups is 1. The van der Waals surface area contributed by atoms with Crippen LogP contribution in [0.3, 0.4) is 0 Å². The molecule has 1 aliphatic carbocycles. The van der Waals surface area contributed by atoms with Crippen LogP contribution in [0.2, 0.25) is 0 Å². The minimum Gasteiger partial charge on any atom is -0.385 e. The Morgan fingerprint density at radius 3 is 3.00 bits per heavy atom. The Kier molecular flexibility index (Phi) is 1.64. The number of carbonyl (C=O) groups excluding carboxylic acids is 1. The van der Waals surface area contributed by atoms with Crippen molar-refractivity contribution in [3.63, 3.8) is 0 Å². The number of amidine groups is 1. The summed E-state index contributed by atoms with van der Waals surface area (Å²) in [6.07, 6.45) is 1.14. The Morgan fingerprint density at radius 1 is 1.50 bits per heavy atom. The molecule has 0 saturated carbocycles. The van der Waals surface area contributed by atoms with Crippen LogP contribution in [0.25, 0.3) is 0 Å². The van der Waals surface area contributed by atoms with E-state index < -0.39 is 11.6 Å². The van der Waals surface area contributed by atoms with Gasteiger partial charge in [-0.05, 0) is 30.0 Å². The molecule has 82 valence electrons. The zero-order valence-electron chi connectivity index (χ0n) is 8.46. The first kappa shape index (κ1) is 9.33. The summed E-state index contributed by atoms with van der Waals surface area (Å²) >= 11 is 0. The fraction of sp³-hybridized carbons (Fsp3) is 0.273.